The maximum absolute atomic E-state index is 12.6. The first-order valence-corrected chi connectivity index (χ1v) is 7.53. The molecule has 1 atom stereocenters. The van der Waals surface area contributed by atoms with Crippen molar-refractivity contribution < 1.29 is 19.4 Å². The number of hydrogen-bond donors (Lipinski definition) is 1. The van der Waals surface area contributed by atoms with E-state index in [2.05, 4.69) is 15.9 Å². The van der Waals surface area contributed by atoms with Gasteiger partial charge in [-0.05, 0) is 34.5 Å². The molecule has 21 heavy (non-hydrogen) atoms. The number of rotatable bonds is 7. The number of methoxy groups -OCH3 is 1. The molecule has 0 aliphatic rings. The van der Waals surface area contributed by atoms with Crippen molar-refractivity contribution in [3.63, 3.8) is 0 Å². The molecule has 1 aromatic rings. The summed E-state index contributed by atoms with van der Waals surface area (Å²) in [5.41, 5.74) is 0.535. The molecule has 116 valence electrons. The van der Waals surface area contributed by atoms with E-state index in [1.54, 1.807) is 30.0 Å². The van der Waals surface area contributed by atoms with Crippen LogP contribution in [0.3, 0.4) is 0 Å². The summed E-state index contributed by atoms with van der Waals surface area (Å²) >= 11 is 3.35. The summed E-state index contributed by atoms with van der Waals surface area (Å²) in [4.78, 5) is 25.7. The number of hydrogen-bond acceptors (Lipinski definition) is 4. The number of ether oxygens (including phenoxy) is 1. The van der Waals surface area contributed by atoms with Crippen molar-refractivity contribution >= 4 is 27.8 Å². The first kappa shape index (κ1) is 17.7. The van der Waals surface area contributed by atoms with E-state index in [1.807, 2.05) is 6.07 Å². The third-order valence-electron chi connectivity index (χ3n) is 3.08. The van der Waals surface area contributed by atoms with Crippen LogP contribution >= 0.6 is 15.9 Å². The van der Waals surface area contributed by atoms with Crippen molar-refractivity contribution in [2.75, 3.05) is 26.8 Å². The lowest BCUT2D eigenvalue weighted by atomic mass is 10.1. The SMILES string of the molecule is COC(=O)C(C)CN(CCCO)C(=O)c1ccccc1Br. The van der Waals surface area contributed by atoms with E-state index in [9.17, 15) is 9.59 Å². The highest BCUT2D eigenvalue weighted by atomic mass is 79.9. The Kier molecular flexibility index (Phi) is 7.39. The van der Waals surface area contributed by atoms with Gasteiger partial charge in [-0.1, -0.05) is 19.1 Å². The minimum absolute atomic E-state index is 0.00759. The summed E-state index contributed by atoms with van der Waals surface area (Å²) < 4.78 is 5.39. The molecule has 0 aromatic heterocycles. The van der Waals surface area contributed by atoms with Crippen LogP contribution in [0.1, 0.15) is 23.7 Å². The lowest BCUT2D eigenvalue weighted by Crippen LogP contribution is -2.38. The highest BCUT2D eigenvalue weighted by Crippen LogP contribution is 2.19. The number of esters is 1. The number of amides is 1. The van der Waals surface area contributed by atoms with Gasteiger partial charge in [0.05, 0.1) is 18.6 Å². The van der Waals surface area contributed by atoms with Crippen LogP contribution in [-0.2, 0) is 9.53 Å². The van der Waals surface area contributed by atoms with Gasteiger partial charge in [0, 0.05) is 24.2 Å². The molecule has 0 fully saturated rings. The van der Waals surface area contributed by atoms with Gasteiger partial charge in [-0.2, -0.15) is 0 Å². The summed E-state index contributed by atoms with van der Waals surface area (Å²) in [6.07, 6.45) is 0.462. The van der Waals surface area contributed by atoms with Crippen molar-refractivity contribution in [3.8, 4) is 0 Å². The molecule has 0 saturated carbocycles. The highest BCUT2D eigenvalue weighted by molar-refractivity contribution is 9.10. The van der Waals surface area contributed by atoms with Gasteiger partial charge in [0.15, 0.2) is 0 Å². The fraction of sp³-hybridized carbons (Fsp3) is 0.467. The van der Waals surface area contributed by atoms with Crippen LogP contribution in [-0.4, -0.2) is 48.7 Å². The van der Waals surface area contributed by atoms with E-state index < -0.39 is 5.92 Å². The molecule has 1 N–H and O–H groups in total. The van der Waals surface area contributed by atoms with E-state index in [0.717, 1.165) is 0 Å². The molecule has 0 aliphatic carbocycles. The Morgan fingerprint density at radius 2 is 2.05 bits per heavy atom. The predicted octanol–water partition coefficient (Wildman–Crippen LogP) is 2.08. The Morgan fingerprint density at radius 3 is 2.62 bits per heavy atom. The molecule has 0 heterocycles. The number of aliphatic hydroxyl groups excluding tert-OH is 1. The molecule has 1 amide bonds. The second kappa shape index (κ2) is 8.79. The van der Waals surface area contributed by atoms with Crippen LogP contribution in [0.2, 0.25) is 0 Å². The molecular formula is C15H20BrNO4. The first-order valence-electron chi connectivity index (χ1n) is 6.73. The van der Waals surface area contributed by atoms with Gasteiger partial charge in [-0.3, -0.25) is 9.59 Å². The first-order chi connectivity index (χ1) is 10.0. The van der Waals surface area contributed by atoms with E-state index in [0.29, 0.717) is 23.0 Å². The Balaban J connectivity index is 2.89. The van der Waals surface area contributed by atoms with Crippen molar-refractivity contribution in [2.45, 2.75) is 13.3 Å². The number of nitrogens with zero attached hydrogens (tertiary/aromatic N) is 1. The van der Waals surface area contributed by atoms with E-state index >= 15 is 0 Å². The standard InChI is InChI=1S/C15H20BrNO4/c1-11(15(20)21-2)10-17(8-5-9-18)14(19)12-6-3-4-7-13(12)16/h3-4,6-7,11,18H,5,8-10H2,1-2H3. The monoisotopic (exact) mass is 357 g/mol. The van der Waals surface area contributed by atoms with Gasteiger partial charge >= 0.3 is 5.97 Å². The van der Waals surface area contributed by atoms with Crippen molar-refractivity contribution in [1.82, 2.24) is 4.90 Å². The van der Waals surface area contributed by atoms with Crippen LogP contribution in [0.5, 0.6) is 0 Å². The molecule has 0 saturated heterocycles. The third-order valence-corrected chi connectivity index (χ3v) is 3.77. The largest absolute Gasteiger partial charge is 0.469 e. The molecule has 1 rings (SSSR count). The Morgan fingerprint density at radius 1 is 1.38 bits per heavy atom. The summed E-state index contributed by atoms with van der Waals surface area (Å²) in [6.45, 7) is 2.35. The molecule has 0 bridgehead atoms. The quantitative estimate of drug-likeness (QED) is 0.758. The summed E-state index contributed by atoms with van der Waals surface area (Å²) in [7, 11) is 1.33. The number of carbonyl (C=O) groups is 2. The van der Waals surface area contributed by atoms with Crippen LogP contribution in [0, 0.1) is 5.92 Å². The smallest absolute Gasteiger partial charge is 0.310 e. The Bertz CT molecular complexity index is 492. The van der Waals surface area contributed by atoms with Crippen LogP contribution in [0.4, 0.5) is 0 Å². The molecule has 0 spiro atoms. The van der Waals surface area contributed by atoms with Gasteiger partial charge in [0.1, 0.15) is 0 Å². The van der Waals surface area contributed by atoms with Crippen LogP contribution in [0.15, 0.2) is 28.7 Å². The molecule has 1 unspecified atom stereocenters. The second-order valence-electron chi connectivity index (χ2n) is 4.73. The predicted molar refractivity (Wildman–Crippen MR) is 82.9 cm³/mol. The third kappa shape index (κ3) is 5.13. The number of carbonyl (C=O) groups excluding carboxylic acids is 2. The average Bonchev–Trinajstić information content (AvgIpc) is 2.50. The Labute approximate surface area is 133 Å². The zero-order valence-corrected chi connectivity index (χ0v) is 13.8. The van der Waals surface area contributed by atoms with Crippen molar-refractivity contribution in [2.24, 2.45) is 5.92 Å². The zero-order chi connectivity index (χ0) is 15.8. The summed E-state index contributed by atoms with van der Waals surface area (Å²) in [5, 5.41) is 8.97. The number of benzene rings is 1. The molecule has 1 aromatic carbocycles. The maximum Gasteiger partial charge on any atom is 0.310 e. The molecule has 0 aliphatic heterocycles. The van der Waals surface area contributed by atoms with E-state index in [4.69, 9.17) is 9.84 Å². The van der Waals surface area contributed by atoms with Crippen molar-refractivity contribution in [1.29, 1.82) is 0 Å². The molecule has 6 heteroatoms. The molecular weight excluding hydrogens is 338 g/mol. The van der Waals surface area contributed by atoms with Crippen LogP contribution in [0.25, 0.3) is 0 Å². The molecule has 5 nitrogen and oxygen atoms in total. The lowest BCUT2D eigenvalue weighted by Gasteiger charge is -2.25. The van der Waals surface area contributed by atoms with Crippen LogP contribution < -0.4 is 0 Å². The number of aliphatic hydroxyl groups is 1. The van der Waals surface area contributed by atoms with Gasteiger partial charge in [-0.15, -0.1) is 0 Å². The topological polar surface area (TPSA) is 66.8 Å². The summed E-state index contributed by atoms with van der Waals surface area (Å²) in [6, 6.07) is 7.13. The maximum atomic E-state index is 12.6. The lowest BCUT2D eigenvalue weighted by molar-refractivity contribution is -0.145. The Hall–Kier alpha value is -1.40. The second-order valence-corrected chi connectivity index (χ2v) is 5.59. The zero-order valence-electron chi connectivity index (χ0n) is 12.2. The minimum Gasteiger partial charge on any atom is -0.469 e. The molecule has 0 radical (unpaired) electrons. The van der Waals surface area contributed by atoms with Gasteiger partial charge in [0.2, 0.25) is 0 Å². The van der Waals surface area contributed by atoms with Gasteiger partial charge in [0.25, 0.3) is 5.91 Å². The minimum atomic E-state index is -0.417. The normalized spacial score (nSPS) is 11.8. The summed E-state index contributed by atoms with van der Waals surface area (Å²) in [5.74, 6) is -0.948. The van der Waals surface area contributed by atoms with Crippen molar-refractivity contribution in [3.05, 3.63) is 34.3 Å². The van der Waals surface area contributed by atoms with E-state index in [1.165, 1.54) is 7.11 Å². The van der Waals surface area contributed by atoms with E-state index in [-0.39, 0.29) is 25.0 Å². The van der Waals surface area contributed by atoms with Gasteiger partial charge in [-0.25, -0.2) is 0 Å². The van der Waals surface area contributed by atoms with Gasteiger partial charge < -0.3 is 14.7 Å². The average molecular weight is 358 g/mol. The highest BCUT2D eigenvalue weighted by Gasteiger charge is 2.23. The fourth-order valence-electron chi connectivity index (χ4n) is 1.95. The number of halogens is 1. The fourth-order valence-corrected chi connectivity index (χ4v) is 2.40.